The van der Waals surface area contributed by atoms with Gasteiger partial charge in [0.1, 0.15) is 5.69 Å². The van der Waals surface area contributed by atoms with Gasteiger partial charge in [-0.05, 0) is 32.0 Å². The first-order valence-electron chi connectivity index (χ1n) is 8.93. The first-order chi connectivity index (χ1) is 13.0. The molecule has 0 aliphatic carbocycles. The molecular formula is C17H23N7O3. The van der Waals surface area contributed by atoms with Gasteiger partial charge in [-0.2, -0.15) is 10.1 Å². The number of amides is 1. The molecule has 1 aromatic carbocycles. The van der Waals surface area contributed by atoms with Crippen LogP contribution in [0.5, 0.6) is 0 Å². The van der Waals surface area contributed by atoms with Crippen LogP contribution in [0, 0.1) is 10.1 Å². The molecule has 27 heavy (non-hydrogen) atoms. The van der Waals surface area contributed by atoms with Crippen LogP contribution in [0.15, 0.2) is 24.3 Å². The van der Waals surface area contributed by atoms with Gasteiger partial charge in [0.05, 0.1) is 4.92 Å². The maximum Gasteiger partial charge on any atom is 0.292 e. The maximum absolute atomic E-state index is 12.2. The molecule has 0 saturated carbocycles. The van der Waals surface area contributed by atoms with Crippen LogP contribution in [0.3, 0.4) is 0 Å². The Labute approximate surface area is 156 Å². The van der Waals surface area contributed by atoms with Gasteiger partial charge in [0, 0.05) is 32.0 Å². The number of aryl methyl sites for hydroxylation is 1. The third kappa shape index (κ3) is 4.79. The van der Waals surface area contributed by atoms with Gasteiger partial charge in [-0.1, -0.05) is 12.1 Å². The van der Waals surface area contributed by atoms with Crippen molar-refractivity contribution in [2.24, 2.45) is 7.05 Å². The standard InChI is InChI=1S/C17H23N7O3/c1-23-17(21-16(22-23)12-6-9-18-10-7-12)20-15(25)8-11-19-13-4-2-3-5-14(13)24(26)27/h2-5,12,18-19H,6-11H2,1H3,(H,20,21,22,25). The molecule has 3 N–H and O–H groups in total. The molecule has 1 fully saturated rings. The average molecular weight is 373 g/mol. The Balaban J connectivity index is 1.52. The lowest BCUT2D eigenvalue weighted by Crippen LogP contribution is -2.27. The maximum atomic E-state index is 12.2. The fraction of sp³-hybridized carbons (Fsp3) is 0.471. The molecule has 10 nitrogen and oxygen atoms in total. The number of anilines is 2. The summed E-state index contributed by atoms with van der Waals surface area (Å²) in [4.78, 5) is 27.2. The summed E-state index contributed by atoms with van der Waals surface area (Å²) in [5.41, 5.74) is 0.375. The van der Waals surface area contributed by atoms with E-state index in [-0.39, 0.29) is 24.6 Å². The number of nitrogens with one attached hydrogen (secondary N) is 3. The smallest absolute Gasteiger partial charge is 0.292 e. The monoisotopic (exact) mass is 373 g/mol. The van der Waals surface area contributed by atoms with Gasteiger partial charge in [-0.3, -0.25) is 20.2 Å². The van der Waals surface area contributed by atoms with Gasteiger partial charge in [-0.15, -0.1) is 0 Å². The van der Waals surface area contributed by atoms with Crippen molar-refractivity contribution < 1.29 is 9.72 Å². The van der Waals surface area contributed by atoms with Gasteiger partial charge in [0.2, 0.25) is 11.9 Å². The highest BCUT2D eigenvalue weighted by molar-refractivity contribution is 5.89. The van der Waals surface area contributed by atoms with Crippen LogP contribution in [-0.4, -0.2) is 45.2 Å². The van der Waals surface area contributed by atoms with Gasteiger partial charge in [-0.25, -0.2) is 4.68 Å². The normalized spacial score (nSPS) is 14.7. The fourth-order valence-electron chi connectivity index (χ4n) is 3.05. The summed E-state index contributed by atoms with van der Waals surface area (Å²) in [5.74, 6) is 1.25. The van der Waals surface area contributed by atoms with Crippen molar-refractivity contribution in [2.75, 3.05) is 30.3 Å². The van der Waals surface area contributed by atoms with E-state index < -0.39 is 4.92 Å². The largest absolute Gasteiger partial charge is 0.379 e. The SMILES string of the molecule is Cn1nc(C2CCNCC2)nc1NC(=O)CCNc1ccccc1[N+](=O)[O-]. The molecule has 1 aliphatic rings. The first kappa shape index (κ1) is 18.8. The van der Waals surface area contributed by atoms with Crippen LogP contribution in [0.2, 0.25) is 0 Å². The van der Waals surface area contributed by atoms with Crippen LogP contribution in [0.4, 0.5) is 17.3 Å². The zero-order valence-corrected chi connectivity index (χ0v) is 15.1. The van der Waals surface area contributed by atoms with Crippen molar-refractivity contribution in [3.8, 4) is 0 Å². The van der Waals surface area contributed by atoms with Crippen molar-refractivity contribution in [1.82, 2.24) is 20.1 Å². The van der Waals surface area contributed by atoms with E-state index in [0.717, 1.165) is 31.8 Å². The molecule has 3 rings (SSSR count). The number of aromatic nitrogens is 3. The quantitative estimate of drug-likeness (QED) is 0.497. The molecule has 10 heteroatoms. The van der Waals surface area contributed by atoms with Crippen molar-refractivity contribution in [2.45, 2.75) is 25.2 Å². The summed E-state index contributed by atoms with van der Waals surface area (Å²) in [6.45, 7) is 2.17. The molecule has 0 unspecified atom stereocenters. The minimum Gasteiger partial charge on any atom is -0.379 e. The molecular weight excluding hydrogens is 350 g/mol. The Morgan fingerprint density at radius 2 is 2.11 bits per heavy atom. The zero-order chi connectivity index (χ0) is 19.2. The van der Waals surface area contributed by atoms with E-state index in [1.165, 1.54) is 6.07 Å². The molecule has 0 bridgehead atoms. The summed E-state index contributed by atoms with van der Waals surface area (Å²) in [6.07, 6.45) is 2.12. The Bertz CT molecular complexity index is 815. The van der Waals surface area contributed by atoms with E-state index >= 15 is 0 Å². The van der Waals surface area contributed by atoms with Crippen LogP contribution in [-0.2, 0) is 11.8 Å². The molecule has 0 radical (unpaired) electrons. The van der Waals surface area contributed by atoms with Gasteiger partial charge in [0.15, 0.2) is 5.82 Å². The summed E-state index contributed by atoms with van der Waals surface area (Å²) >= 11 is 0. The Hall–Kier alpha value is -3.01. The third-order valence-corrected chi connectivity index (χ3v) is 4.50. The molecule has 0 spiro atoms. The molecule has 1 saturated heterocycles. The second kappa shape index (κ2) is 8.58. The molecule has 0 atom stereocenters. The highest BCUT2D eigenvalue weighted by atomic mass is 16.6. The number of rotatable bonds is 7. The van der Waals surface area contributed by atoms with Crippen LogP contribution in [0.1, 0.15) is 31.0 Å². The van der Waals surface area contributed by atoms with Crippen LogP contribution in [0.25, 0.3) is 0 Å². The van der Waals surface area contributed by atoms with Gasteiger partial charge < -0.3 is 10.6 Å². The van der Waals surface area contributed by atoms with Crippen LogP contribution < -0.4 is 16.0 Å². The number of nitro groups is 1. The van der Waals surface area contributed by atoms with Gasteiger partial charge >= 0.3 is 0 Å². The second-order valence-electron chi connectivity index (χ2n) is 6.44. The predicted molar refractivity (Wildman–Crippen MR) is 101 cm³/mol. The average Bonchev–Trinajstić information content (AvgIpc) is 3.03. The number of piperidine rings is 1. The predicted octanol–water partition coefficient (Wildman–Crippen LogP) is 1.63. The summed E-state index contributed by atoms with van der Waals surface area (Å²) in [6, 6.07) is 6.34. The molecule has 1 aliphatic heterocycles. The Morgan fingerprint density at radius 1 is 1.37 bits per heavy atom. The summed E-state index contributed by atoms with van der Waals surface area (Å²) < 4.78 is 1.57. The zero-order valence-electron chi connectivity index (χ0n) is 15.1. The number of nitrogens with zero attached hydrogens (tertiary/aromatic N) is 4. The Morgan fingerprint density at radius 3 is 2.85 bits per heavy atom. The van der Waals surface area contributed by atoms with E-state index in [0.29, 0.717) is 17.6 Å². The lowest BCUT2D eigenvalue weighted by atomic mass is 9.98. The van der Waals surface area contributed by atoms with Crippen molar-refractivity contribution in [1.29, 1.82) is 0 Å². The lowest BCUT2D eigenvalue weighted by Gasteiger charge is -2.19. The minimum atomic E-state index is -0.454. The molecule has 144 valence electrons. The second-order valence-corrected chi connectivity index (χ2v) is 6.44. The van der Waals surface area contributed by atoms with Crippen molar-refractivity contribution in [3.05, 3.63) is 40.2 Å². The highest BCUT2D eigenvalue weighted by Crippen LogP contribution is 2.24. The number of hydrogen-bond acceptors (Lipinski definition) is 7. The topological polar surface area (TPSA) is 127 Å². The summed E-state index contributed by atoms with van der Waals surface area (Å²) in [7, 11) is 1.75. The molecule has 1 aromatic heterocycles. The molecule has 1 amide bonds. The number of para-hydroxylation sites is 2. The van der Waals surface area contributed by atoms with Gasteiger partial charge in [0.25, 0.3) is 5.69 Å². The van der Waals surface area contributed by atoms with E-state index in [9.17, 15) is 14.9 Å². The molecule has 2 heterocycles. The minimum absolute atomic E-state index is 0.0159. The van der Waals surface area contributed by atoms with E-state index in [1.807, 2.05) is 0 Å². The highest BCUT2D eigenvalue weighted by Gasteiger charge is 2.21. The number of carbonyl (C=O) groups is 1. The number of carbonyl (C=O) groups excluding carboxylic acids is 1. The van der Waals surface area contributed by atoms with Crippen molar-refractivity contribution in [3.63, 3.8) is 0 Å². The van der Waals surface area contributed by atoms with Crippen LogP contribution >= 0.6 is 0 Å². The summed E-state index contributed by atoms with van der Waals surface area (Å²) in [5, 5.41) is 24.4. The van der Waals surface area contributed by atoms with Crippen molar-refractivity contribution >= 4 is 23.2 Å². The van der Waals surface area contributed by atoms with E-state index in [4.69, 9.17) is 0 Å². The lowest BCUT2D eigenvalue weighted by molar-refractivity contribution is -0.384. The van der Waals surface area contributed by atoms with E-state index in [2.05, 4.69) is 26.0 Å². The Kier molecular flexibility index (Phi) is 5.97. The molecule has 2 aromatic rings. The number of hydrogen-bond donors (Lipinski definition) is 3. The number of benzene rings is 1. The number of nitro benzene ring substituents is 1. The van der Waals surface area contributed by atoms with E-state index in [1.54, 1.807) is 29.9 Å². The first-order valence-corrected chi connectivity index (χ1v) is 8.93. The third-order valence-electron chi connectivity index (χ3n) is 4.50. The fourth-order valence-corrected chi connectivity index (χ4v) is 3.05.